The maximum absolute atomic E-state index is 12.8. The Bertz CT molecular complexity index is 941. The first-order chi connectivity index (χ1) is 28.4. The largest absolute Gasteiger partial charge is 0.457 e. The molecule has 0 spiro atoms. The molecule has 4 N–H and O–H groups in total. The van der Waals surface area contributed by atoms with Gasteiger partial charge in [-0.2, -0.15) is 0 Å². The standard InChI is InChI=1S/C49H92O9/c1-3-5-7-9-11-13-15-17-19-21-23-25-27-29-31-33-35-37-39-55-41-43(42-56-49-48(54)47(53)46(52)44(40-50)58-49)57-45(51)38-36-34-32-30-28-26-24-22-20-18-16-14-12-10-8-6-4-2/h11,13,17,19,43-44,46-50,52-54H,3-10,12,14-16,18,20-42H2,1-2H3/b13-11-,19-17-. The summed E-state index contributed by atoms with van der Waals surface area (Å²) in [5.41, 5.74) is 0. The van der Waals surface area contributed by atoms with Crippen LogP contribution in [0.25, 0.3) is 0 Å². The molecule has 1 heterocycles. The Balaban J connectivity index is 2.22. The van der Waals surface area contributed by atoms with Crippen molar-refractivity contribution in [2.24, 2.45) is 0 Å². The topological polar surface area (TPSA) is 135 Å². The van der Waals surface area contributed by atoms with Crippen molar-refractivity contribution in [2.45, 2.75) is 256 Å². The molecule has 0 radical (unpaired) electrons. The third-order valence-electron chi connectivity index (χ3n) is 11.4. The lowest BCUT2D eigenvalue weighted by atomic mass is 9.99. The normalized spacial score (nSPS) is 20.4. The highest BCUT2D eigenvalue weighted by Crippen LogP contribution is 2.23. The van der Waals surface area contributed by atoms with Crippen molar-refractivity contribution in [1.82, 2.24) is 0 Å². The summed E-state index contributed by atoms with van der Waals surface area (Å²) in [5.74, 6) is -0.312. The van der Waals surface area contributed by atoms with Gasteiger partial charge < -0.3 is 39.4 Å². The summed E-state index contributed by atoms with van der Waals surface area (Å²) >= 11 is 0. The molecule has 0 aliphatic carbocycles. The Morgan fingerprint density at radius 2 is 1.00 bits per heavy atom. The van der Waals surface area contributed by atoms with Crippen molar-refractivity contribution in [3.8, 4) is 0 Å². The zero-order valence-electron chi connectivity index (χ0n) is 37.6. The Kier molecular flexibility index (Phi) is 38.7. The molecule has 1 aliphatic rings. The van der Waals surface area contributed by atoms with Crippen molar-refractivity contribution in [2.75, 3.05) is 26.4 Å². The first kappa shape index (κ1) is 54.7. The lowest BCUT2D eigenvalue weighted by Gasteiger charge is -2.39. The molecule has 0 saturated carbocycles. The number of aliphatic hydroxyl groups excluding tert-OH is 4. The van der Waals surface area contributed by atoms with Crippen molar-refractivity contribution in [1.29, 1.82) is 0 Å². The minimum absolute atomic E-state index is 0.112. The van der Waals surface area contributed by atoms with E-state index in [1.165, 1.54) is 161 Å². The van der Waals surface area contributed by atoms with Crippen molar-refractivity contribution >= 4 is 5.97 Å². The molecule has 0 aromatic heterocycles. The number of esters is 1. The number of allylic oxidation sites excluding steroid dienone is 4. The summed E-state index contributed by atoms with van der Waals surface area (Å²) in [4.78, 5) is 12.8. The number of carbonyl (C=O) groups excluding carboxylic acids is 1. The van der Waals surface area contributed by atoms with E-state index in [0.717, 1.165) is 38.5 Å². The van der Waals surface area contributed by atoms with Gasteiger partial charge in [0.15, 0.2) is 6.29 Å². The molecule has 0 aromatic rings. The lowest BCUT2D eigenvalue weighted by Crippen LogP contribution is -2.59. The van der Waals surface area contributed by atoms with Crippen LogP contribution in [0, 0.1) is 0 Å². The number of unbranched alkanes of at least 4 members (excludes halogenated alkanes) is 27. The maximum atomic E-state index is 12.8. The molecule has 1 saturated heterocycles. The van der Waals surface area contributed by atoms with E-state index in [0.29, 0.717) is 13.0 Å². The van der Waals surface area contributed by atoms with E-state index >= 15 is 0 Å². The molecule has 9 heteroatoms. The molecule has 1 rings (SSSR count). The van der Waals surface area contributed by atoms with E-state index in [1.54, 1.807) is 0 Å². The molecular formula is C49H92O9. The van der Waals surface area contributed by atoms with Gasteiger partial charge >= 0.3 is 5.97 Å². The Labute approximate surface area is 356 Å². The van der Waals surface area contributed by atoms with Crippen LogP contribution in [0.5, 0.6) is 0 Å². The van der Waals surface area contributed by atoms with Crippen molar-refractivity contribution < 1.29 is 44.2 Å². The highest BCUT2D eigenvalue weighted by molar-refractivity contribution is 5.69. The monoisotopic (exact) mass is 825 g/mol. The predicted molar refractivity (Wildman–Crippen MR) is 238 cm³/mol. The van der Waals surface area contributed by atoms with E-state index in [4.69, 9.17) is 18.9 Å². The lowest BCUT2D eigenvalue weighted by molar-refractivity contribution is -0.305. The number of hydrogen-bond donors (Lipinski definition) is 4. The Hall–Kier alpha value is -1.33. The molecule has 58 heavy (non-hydrogen) atoms. The van der Waals surface area contributed by atoms with Gasteiger partial charge in [0.1, 0.15) is 30.5 Å². The molecule has 1 aliphatic heterocycles. The summed E-state index contributed by atoms with van der Waals surface area (Å²) in [6.45, 7) is 4.56. The molecule has 0 bridgehead atoms. The first-order valence-corrected chi connectivity index (χ1v) is 24.4. The van der Waals surface area contributed by atoms with Crippen LogP contribution in [-0.4, -0.2) is 89.6 Å². The number of aliphatic hydroxyl groups is 4. The summed E-state index contributed by atoms with van der Waals surface area (Å²) < 4.78 is 22.9. The first-order valence-electron chi connectivity index (χ1n) is 24.4. The number of carbonyl (C=O) groups is 1. The van der Waals surface area contributed by atoms with E-state index in [1.807, 2.05) is 0 Å². The molecule has 6 unspecified atom stereocenters. The second-order valence-corrected chi connectivity index (χ2v) is 16.9. The number of hydrogen-bond acceptors (Lipinski definition) is 9. The van der Waals surface area contributed by atoms with Crippen LogP contribution in [0.15, 0.2) is 24.3 Å². The molecular weight excluding hydrogens is 733 g/mol. The average molecular weight is 825 g/mol. The van der Waals surface area contributed by atoms with Crippen LogP contribution >= 0.6 is 0 Å². The van der Waals surface area contributed by atoms with Crippen LogP contribution in [0.3, 0.4) is 0 Å². The smallest absolute Gasteiger partial charge is 0.306 e. The molecule has 1 fully saturated rings. The zero-order chi connectivity index (χ0) is 42.2. The van der Waals surface area contributed by atoms with Gasteiger partial charge in [-0.15, -0.1) is 0 Å². The van der Waals surface area contributed by atoms with Crippen LogP contribution in [0.4, 0.5) is 0 Å². The van der Waals surface area contributed by atoms with Gasteiger partial charge in [-0.25, -0.2) is 0 Å². The fraction of sp³-hybridized carbons (Fsp3) is 0.898. The second kappa shape index (κ2) is 41.0. The molecule has 0 aromatic carbocycles. The zero-order valence-corrected chi connectivity index (χ0v) is 37.6. The minimum Gasteiger partial charge on any atom is -0.457 e. The van der Waals surface area contributed by atoms with E-state index < -0.39 is 43.4 Å². The third-order valence-corrected chi connectivity index (χ3v) is 11.4. The summed E-state index contributed by atoms with van der Waals surface area (Å²) in [5, 5.41) is 40.2. The Morgan fingerprint density at radius 1 is 0.552 bits per heavy atom. The highest BCUT2D eigenvalue weighted by Gasteiger charge is 2.44. The molecule has 0 amide bonds. The second-order valence-electron chi connectivity index (χ2n) is 16.9. The van der Waals surface area contributed by atoms with Gasteiger partial charge in [0.2, 0.25) is 0 Å². The summed E-state index contributed by atoms with van der Waals surface area (Å²) in [7, 11) is 0. The summed E-state index contributed by atoms with van der Waals surface area (Å²) in [6, 6.07) is 0. The fourth-order valence-corrected chi connectivity index (χ4v) is 7.52. The predicted octanol–water partition coefficient (Wildman–Crippen LogP) is 11.4. The SMILES string of the molecule is CCCCC/C=C\C/C=C\CCCCCCCCCCOCC(COC1OC(CO)C(O)C(O)C1O)OC(=O)CCCCCCCCCCCCCCCCCCC. The molecule has 9 nitrogen and oxygen atoms in total. The minimum atomic E-state index is -1.53. The quantitative estimate of drug-likeness (QED) is 0.0269. The Morgan fingerprint density at radius 3 is 1.52 bits per heavy atom. The molecule has 6 atom stereocenters. The third kappa shape index (κ3) is 31.5. The fourth-order valence-electron chi connectivity index (χ4n) is 7.52. The molecule has 342 valence electrons. The van der Waals surface area contributed by atoms with Crippen LogP contribution in [0.1, 0.15) is 219 Å². The van der Waals surface area contributed by atoms with Gasteiger partial charge in [0.05, 0.1) is 19.8 Å². The van der Waals surface area contributed by atoms with Gasteiger partial charge in [-0.05, 0) is 44.9 Å². The van der Waals surface area contributed by atoms with Crippen LogP contribution in [0.2, 0.25) is 0 Å². The summed E-state index contributed by atoms with van der Waals surface area (Å²) in [6.07, 6.45) is 40.6. The average Bonchev–Trinajstić information content (AvgIpc) is 3.22. The van der Waals surface area contributed by atoms with E-state index in [-0.39, 0.29) is 19.2 Å². The number of rotatable bonds is 42. The van der Waals surface area contributed by atoms with Crippen LogP contribution in [-0.2, 0) is 23.7 Å². The maximum Gasteiger partial charge on any atom is 0.306 e. The number of ether oxygens (including phenoxy) is 4. The van der Waals surface area contributed by atoms with Gasteiger partial charge in [0, 0.05) is 13.0 Å². The van der Waals surface area contributed by atoms with E-state index in [9.17, 15) is 25.2 Å². The van der Waals surface area contributed by atoms with Gasteiger partial charge in [-0.3, -0.25) is 4.79 Å². The van der Waals surface area contributed by atoms with Gasteiger partial charge in [-0.1, -0.05) is 192 Å². The van der Waals surface area contributed by atoms with Crippen LogP contribution < -0.4 is 0 Å². The van der Waals surface area contributed by atoms with Crippen molar-refractivity contribution in [3.63, 3.8) is 0 Å². The van der Waals surface area contributed by atoms with Gasteiger partial charge in [0.25, 0.3) is 0 Å². The van der Waals surface area contributed by atoms with Crippen molar-refractivity contribution in [3.05, 3.63) is 24.3 Å². The highest BCUT2D eigenvalue weighted by atomic mass is 16.7. The van der Waals surface area contributed by atoms with E-state index in [2.05, 4.69) is 38.2 Å².